The molecule has 0 bridgehead atoms. The van der Waals surface area contributed by atoms with Crippen molar-refractivity contribution in [2.75, 3.05) is 0 Å². The molecule has 0 saturated carbocycles. The average molecular weight is 272 g/mol. The molecular formula is C20H16O. The van der Waals surface area contributed by atoms with E-state index in [1.165, 1.54) is 33.0 Å². The van der Waals surface area contributed by atoms with Crippen molar-refractivity contribution in [3.8, 4) is 11.1 Å². The molecule has 21 heavy (non-hydrogen) atoms. The molecule has 0 saturated heterocycles. The highest BCUT2D eigenvalue weighted by molar-refractivity contribution is 6.07. The summed E-state index contributed by atoms with van der Waals surface area (Å²) in [6.45, 7) is 4.23. The van der Waals surface area contributed by atoms with Crippen LogP contribution >= 0.6 is 0 Å². The van der Waals surface area contributed by atoms with Gasteiger partial charge >= 0.3 is 0 Å². The van der Waals surface area contributed by atoms with Crippen LogP contribution < -0.4 is 0 Å². The molecule has 4 aromatic rings. The number of fused-ring (bicyclic) bond motifs is 3. The Morgan fingerprint density at radius 2 is 1.48 bits per heavy atom. The fourth-order valence-corrected chi connectivity index (χ4v) is 2.91. The van der Waals surface area contributed by atoms with Crippen molar-refractivity contribution in [3.63, 3.8) is 0 Å². The van der Waals surface area contributed by atoms with Crippen LogP contribution in [-0.2, 0) is 0 Å². The van der Waals surface area contributed by atoms with E-state index in [1.54, 1.807) is 0 Å². The lowest BCUT2D eigenvalue weighted by atomic mass is 9.99. The summed E-state index contributed by atoms with van der Waals surface area (Å²) >= 11 is 0. The molecule has 0 fully saturated rings. The first-order chi connectivity index (χ1) is 10.2. The minimum Gasteiger partial charge on any atom is -0.456 e. The number of para-hydroxylation sites is 1. The molecule has 0 spiro atoms. The Hall–Kier alpha value is -2.54. The van der Waals surface area contributed by atoms with Gasteiger partial charge < -0.3 is 4.42 Å². The van der Waals surface area contributed by atoms with Crippen LogP contribution in [0, 0.1) is 13.8 Å². The molecule has 0 radical (unpaired) electrons. The van der Waals surface area contributed by atoms with E-state index in [0.29, 0.717) is 0 Å². The molecule has 0 amide bonds. The fourth-order valence-electron chi connectivity index (χ4n) is 2.91. The van der Waals surface area contributed by atoms with Crippen LogP contribution in [0.25, 0.3) is 33.1 Å². The Labute approximate surface area is 123 Å². The van der Waals surface area contributed by atoms with Gasteiger partial charge in [-0.25, -0.2) is 0 Å². The monoisotopic (exact) mass is 272 g/mol. The lowest BCUT2D eigenvalue weighted by Crippen LogP contribution is -1.82. The molecule has 1 heterocycles. The number of furan rings is 1. The largest absolute Gasteiger partial charge is 0.456 e. The van der Waals surface area contributed by atoms with Crippen LogP contribution in [-0.4, -0.2) is 0 Å². The van der Waals surface area contributed by atoms with Crippen molar-refractivity contribution < 1.29 is 4.42 Å². The minimum absolute atomic E-state index is 0.955. The van der Waals surface area contributed by atoms with E-state index in [-0.39, 0.29) is 0 Å². The van der Waals surface area contributed by atoms with Gasteiger partial charge in [0.15, 0.2) is 0 Å². The van der Waals surface area contributed by atoms with Gasteiger partial charge in [-0.2, -0.15) is 0 Å². The summed E-state index contributed by atoms with van der Waals surface area (Å²) in [6, 6.07) is 21.3. The number of benzene rings is 3. The molecule has 0 aliphatic rings. The van der Waals surface area contributed by atoms with Crippen LogP contribution in [0.3, 0.4) is 0 Å². The molecule has 0 atom stereocenters. The smallest absolute Gasteiger partial charge is 0.138 e. The quantitative estimate of drug-likeness (QED) is 0.422. The van der Waals surface area contributed by atoms with E-state index in [2.05, 4.69) is 62.4 Å². The molecule has 1 aromatic heterocycles. The molecule has 0 aliphatic heterocycles. The molecule has 4 rings (SSSR count). The highest BCUT2D eigenvalue weighted by Crippen LogP contribution is 2.34. The molecule has 1 nitrogen and oxygen atoms in total. The number of rotatable bonds is 1. The topological polar surface area (TPSA) is 13.1 Å². The first-order valence-electron chi connectivity index (χ1n) is 7.21. The third-order valence-corrected chi connectivity index (χ3v) is 4.05. The first-order valence-corrected chi connectivity index (χ1v) is 7.21. The van der Waals surface area contributed by atoms with E-state index >= 15 is 0 Å². The Kier molecular flexibility index (Phi) is 2.61. The zero-order chi connectivity index (χ0) is 14.4. The molecule has 0 aliphatic carbocycles. The summed E-state index contributed by atoms with van der Waals surface area (Å²) in [4.78, 5) is 0. The highest BCUT2D eigenvalue weighted by Gasteiger charge is 2.10. The molecule has 0 N–H and O–H groups in total. The van der Waals surface area contributed by atoms with Crippen molar-refractivity contribution in [2.24, 2.45) is 0 Å². The first kappa shape index (κ1) is 12.2. The zero-order valence-electron chi connectivity index (χ0n) is 12.2. The molecule has 3 aromatic carbocycles. The van der Waals surface area contributed by atoms with Gasteiger partial charge in [-0.15, -0.1) is 0 Å². The van der Waals surface area contributed by atoms with Gasteiger partial charge in [-0.3, -0.25) is 0 Å². The number of aryl methyl sites for hydroxylation is 2. The number of hydrogen-bond donors (Lipinski definition) is 0. The second-order valence-corrected chi connectivity index (χ2v) is 5.63. The van der Waals surface area contributed by atoms with Crippen LogP contribution in [0.4, 0.5) is 0 Å². The van der Waals surface area contributed by atoms with Crippen LogP contribution in [0.1, 0.15) is 11.1 Å². The maximum atomic E-state index is 5.99. The van der Waals surface area contributed by atoms with Crippen molar-refractivity contribution in [2.45, 2.75) is 13.8 Å². The van der Waals surface area contributed by atoms with Gasteiger partial charge in [-0.1, -0.05) is 48.0 Å². The zero-order valence-corrected chi connectivity index (χ0v) is 12.2. The van der Waals surface area contributed by atoms with Crippen molar-refractivity contribution in [1.82, 2.24) is 0 Å². The third kappa shape index (κ3) is 1.93. The van der Waals surface area contributed by atoms with Gasteiger partial charge in [0.05, 0.1) is 0 Å². The van der Waals surface area contributed by atoms with E-state index in [9.17, 15) is 0 Å². The van der Waals surface area contributed by atoms with Crippen molar-refractivity contribution >= 4 is 21.9 Å². The minimum atomic E-state index is 0.955. The van der Waals surface area contributed by atoms with E-state index in [0.717, 1.165) is 11.2 Å². The summed E-state index contributed by atoms with van der Waals surface area (Å²) in [5, 5.41) is 2.38. The predicted molar refractivity (Wildman–Crippen MR) is 88.6 cm³/mol. The van der Waals surface area contributed by atoms with Gasteiger partial charge in [0.2, 0.25) is 0 Å². The second-order valence-electron chi connectivity index (χ2n) is 5.63. The maximum Gasteiger partial charge on any atom is 0.138 e. The lowest BCUT2D eigenvalue weighted by molar-refractivity contribution is 0.666. The second kappa shape index (κ2) is 4.49. The van der Waals surface area contributed by atoms with Gasteiger partial charge in [0.1, 0.15) is 11.2 Å². The Bertz CT molecular complexity index is 943. The van der Waals surface area contributed by atoms with Crippen molar-refractivity contribution in [3.05, 3.63) is 71.8 Å². The fraction of sp³-hybridized carbons (Fsp3) is 0.100. The highest BCUT2D eigenvalue weighted by atomic mass is 16.3. The Morgan fingerprint density at radius 3 is 2.29 bits per heavy atom. The van der Waals surface area contributed by atoms with Gasteiger partial charge in [0.25, 0.3) is 0 Å². The Balaban J connectivity index is 2.03. The standard InChI is InChI=1S/C20H16O/c1-13-7-9-15(10-8-13)16-11-14(2)20-18(12-16)17-5-3-4-6-19(17)21-20/h3-12H,1-2H3. The Morgan fingerprint density at radius 1 is 0.714 bits per heavy atom. The predicted octanol–water partition coefficient (Wildman–Crippen LogP) is 5.87. The molecule has 1 heteroatoms. The van der Waals surface area contributed by atoms with Crippen LogP contribution in [0.2, 0.25) is 0 Å². The van der Waals surface area contributed by atoms with E-state index in [1.807, 2.05) is 12.1 Å². The molecule has 102 valence electrons. The lowest BCUT2D eigenvalue weighted by Gasteiger charge is -2.05. The average Bonchev–Trinajstić information content (AvgIpc) is 2.87. The summed E-state index contributed by atoms with van der Waals surface area (Å²) in [7, 11) is 0. The normalized spacial score (nSPS) is 11.3. The molecule has 0 unspecified atom stereocenters. The maximum absolute atomic E-state index is 5.99. The van der Waals surface area contributed by atoms with Gasteiger partial charge in [-0.05, 0) is 48.7 Å². The SMILES string of the molecule is Cc1ccc(-c2cc(C)c3oc4ccccc4c3c2)cc1. The summed E-state index contributed by atoms with van der Waals surface area (Å²) in [5.41, 5.74) is 6.90. The van der Waals surface area contributed by atoms with Crippen molar-refractivity contribution in [1.29, 1.82) is 0 Å². The summed E-state index contributed by atoms with van der Waals surface area (Å²) in [5.74, 6) is 0. The van der Waals surface area contributed by atoms with Crippen LogP contribution in [0.15, 0.2) is 65.1 Å². The van der Waals surface area contributed by atoms with Crippen LogP contribution in [0.5, 0.6) is 0 Å². The van der Waals surface area contributed by atoms with Gasteiger partial charge in [0, 0.05) is 10.8 Å². The number of hydrogen-bond acceptors (Lipinski definition) is 1. The van der Waals surface area contributed by atoms with E-state index in [4.69, 9.17) is 4.42 Å². The molecular weight excluding hydrogens is 256 g/mol. The summed E-state index contributed by atoms with van der Waals surface area (Å²) < 4.78 is 5.99. The van der Waals surface area contributed by atoms with E-state index < -0.39 is 0 Å². The summed E-state index contributed by atoms with van der Waals surface area (Å²) in [6.07, 6.45) is 0. The third-order valence-electron chi connectivity index (χ3n) is 4.05.